The lowest BCUT2D eigenvalue weighted by Gasteiger charge is -2.66. The number of carbonyl (C=O) groups is 1. The molecule has 1 amide bonds. The standard InChI is InChI=1S/C17H23N3O6S/c1-16(2,3)17-11-18(15(21)22)9-8-12(17)10-19(17)27(25,26)14-7-5-4-6-13(14)20(23)24/h4-7,12H,8-11H2,1-3H3,(H,21,22)/t12-,17+/m1/s1. The molecule has 0 radical (unpaired) electrons. The van der Waals surface area contributed by atoms with Crippen LogP contribution in [0, 0.1) is 21.4 Å². The van der Waals surface area contributed by atoms with Crippen molar-refractivity contribution in [3.63, 3.8) is 0 Å². The lowest BCUT2D eigenvalue weighted by atomic mass is 9.58. The Morgan fingerprint density at radius 3 is 2.52 bits per heavy atom. The van der Waals surface area contributed by atoms with Crippen LogP contribution in [0.4, 0.5) is 10.5 Å². The zero-order valence-electron chi connectivity index (χ0n) is 15.5. The van der Waals surface area contributed by atoms with Gasteiger partial charge in [-0.1, -0.05) is 32.9 Å². The number of hydrogen-bond acceptors (Lipinski definition) is 5. The van der Waals surface area contributed by atoms with Gasteiger partial charge in [-0.2, -0.15) is 4.31 Å². The zero-order chi connectivity index (χ0) is 20.2. The fraction of sp³-hybridized carbons (Fsp3) is 0.588. The second-order valence-electron chi connectivity index (χ2n) is 8.12. The third kappa shape index (κ3) is 2.78. The van der Waals surface area contributed by atoms with Gasteiger partial charge in [0.05, 0.1) is 10.5 Å². The zero-order valence-corrected chi connectivity index (χ0v) is 16.3. The van der Waals surface area contributed by atoms with Crippen LogP contribution >= 0.6 is 0 Å². The van der Waals surface area contributed by atoms with Gasteiger partial charge in [-0.3, -0.25) is 10.1 Å². The lowest BCUT2D eigenvalue weighted by Crippen LogP contribution is -2.79. The average Bonchev–Trinajstić information content (AvgIpc) is 2.54. The number of hydrogen-bond donors (Lipinski definition) is 1. The van der Waals surface area contributed by atoms with Crippen LogP contribution in [0.5, 0.6) is 0 Å². The highest BCUT2D eigenvalue weighted by Gasteiger charge is 2.66. The van der Waals surface area contributed by atoms with Crippen molar-refractivity contribution in [2.24, 2.45) is 11.3 Å². The summed E-state index contributed by atoms with van der Waals surface area (Å²) in [5, 5.41) is 20.8. The van der Waals surface area contributed by atoms with Crippen molar-refractivity contribution in [1.29, 1.82) is 0 Å². The number of amides is 1. The number of likely N-dealkylation sites (tertiary alicyclic amines) is 1. The molecule has 0 aliphatic carbocycles. The molecule has 27 heavy (non-hydrogen) atoms. The van der Waals surface area contributed by atoms with Gasteiger partial charge in [-0.25, -0.2) is 13.2 Å². The Bertz CT molecular complexity index is 894. The quantitative estimate of drug-likeness (QED) is 0.617. The Morgan fingerprint density at radius 2 is 1.96 bits per heavy atom. The molecule has 0 unspecified atom stereocenters. The van der Waals surface area contributed by atoms with Gasteiger partial charge >= 0.3 is 6.09 Å². The number of rotatable bonds is 3. The number of carboxylic acid groups (broad SMARTS) is 1. The van der Waals surface area contributed by atoms with E-state index in [-0.39, 0.29) is 23.9 Å². The summed E-state index contributed by atoms with van der Waals surface area (Å²) in [6.45, 7) is 6.29. The molecule has 2 heterocycles. The van der Waals surface area contributed by atoms with E-state index in [9.17, 15) is 28.4 Å². The fourth-order valence-electron chi connectivity index (χ4n) is 4.47. The minimum absolute atomic E-state index is 0.00523. The molecule has 2 aliphatic heterocycles. The van der Waals surface area contributed by atoms with Crippen molar-refractivity contribution in [1.82, 2.24) is 9.21 Å². The predicted molar refractivity (Wildman–Crippen MR) is 96.9 cm³/mol. The second-order valence-corrected chi connectivity index (χ2v) is 9.96. The van der Waals surface area contributed by atoms with Crippen molar-refractivity contribution >= 4 is 21.8 Å². The number of fused-ring (bicyclic) bond motifs is 1. The summed E-state index contributed by atoms with van der Waals surface area (Å²) >= 11 is 0. The Morgan fingerprint density at radius 1 is 1.33 bits per heavy atom. The maximum atomic E-state index is 13.4. The number of piperidine rings is 1. The molecule has 1 N–H and O–H groups in total. The first-order valence-corrected chi connectivity index (χ1v) is 10.1. The first kappa shape index (κ1) is 19.6. The highest BCUT2D eigenvalue weighted by Crippen LogP contribution is 2.55. The highest BCUT2D eigenvalue weighted by molar-refractivity contribution is 7.89. The molecule has 1 aromatic rings. The summed E-state index contributed by atoms with van der Waals surface area (Å²) in [5.41, 5.74) is -1.97. The van der Waals surface area contributed by atoms with Gasteiger partial charge in [0.1, 0.15) is 0 Å². The summed E-state index contributed by atoms with van der Waals surface area (Å²) in [7, 11) is -4.17. The third-order valence-corrected chi connectivity index (χ3v) is 7.84. The number of nitro benzene ring substituents is 1. The number of benzene rings is 1. The molecule has 0 saturated carbocycles. The number of nitrogens with zero attached hydrogens (tertiary/aromatic N) is 3. The number of para-hydroxylation sites is 1. The molecule has 3 rings (SSSR count). The van der Waals surface area contributed by atoms with Crippen LogP contribution < -0.4 is 0 Å². The van der Waals surface area contributed by atoms with Crippen LogP contribution in [-0.4, -0.2) is 58.9 Å². The van der Waals surface area contributed by atoms with E-state index in [1.165, 1.54) is 33.5 Å². The topological polar surface area (TPSA) is 121 Å². The minimum atomic E-state index is -4.17. The Labute approximate surface area is 157 Å². The first-order chi connectivity index (χ1) is 12.4. The fourth-order valence-corrected chi connectivity index (χ4v) is 6.65. The molecule has 10 heteroatoms. The van der Waals surface area contributed by atoms with Crippen LogP contribution in [-0.2, 0) is 10.0 Å². The van der Waals surface area contributed by atoms with Crippen molar-refractivity contribution in [3.8, 4) is 0 Å². The Kier molecular flexibility index (Phi) is 4.47. The van der Waals surface area contributed by atoms with E-state index in [1.54, 1.807) is 0 Å². The molecule has 2 aliphatic rings. The second kappa shape index (κ2) is 6.16. The molecule has 0 aromatic heterocycles. The molecular formula is C17H23N3O6S. The van der Waals surface area contributed by atoms with Crippen LogP contribution in [0.25, 0.3) is 0 Å². The van der Waals surface area contributed by atoms with Gasteiger partial charge < -0.3 is 10.0 Å². The van der Waals surface area contributed by atoms with Crippen LogP contribution in [0.3, 0.4) is 0 Å². The first-order valence-electron chi connectivity index (χ1n) is 8.67. The largest absolute Gasteiger partial charge is 0.465 e. The minimum Gasteiger partial charge on any atom is -0.465 e. The molecular weight excluding hydrogens is 374 g/mol. The van der Waals surface area contributed by atoms with E-state index in [4.69, 9.17) is 0 Å². The average molecular weight is 397 g/mol. The number of nitro groups is 1. The maximum Gasteiger partial charge on any atom is 0.407 e. The van der Waals surface area contributed by atoms with E-state index in [1.807, 2.05) is 20.8 Å². The van der Waals surface area contributed by atoms with Crippen molar-refractivity contribution in [2.75, 3.05) is 19.6 Å². The van der Waals surface area contributed by atoms with E-state index in [0.29, 0.717) is 13.0 Å². The highest BCUT2D eigenvalue weighted by atomic mass is 32.2. The summed E-state index contributed by atoms with van der Waals surface area (Å²) in [5.74, 6) is 0.00523. The molecule has 2 saturated heterocycles. The van der Waals surface area contributed by atoms with Gasteiger partial charge in [-0.15, -0.1) is 0 Å². The Hall–Kier alpha value is -2.20. The predicted octanol–water partition coefficient (Wildman–Crippen LogP) is 2.38. The molecule has 2 atom stereocenters. The van der Waals surface area contributed by atoms with E-state index in [2.05, 4.69) is 0 Å². The van der Waals surface area contributed by atoms with Crippen LogP contribution in [0.15, 0.2) is 29.2 Å². The van der Waals surface area contributed by atoms with Gasteiger partial charge in [0, 0.05) is 25.7 Å². The van der Waals surface area contributed by atoms with Gasteiger partial charge in [0.2, 0.25) is 0 Å². The summed E-state index contributed by atoms with van der Waals surface area (Å²) < 4.78 is 28.0. The lowest BCUT2D eigenvalue weighted by molar-refractivity contribution is -0.387. The summed E-state index contributed by atoms with van der Waals surface area (Å²) in [6.07, 6.45) is -0.529. The molecule has 2 fully saturated rings. The molecule has 1 aromatic carbocycles. The Balaban J connectivity index is 2.11. The monoisotopic (exact) mass is 397 g/mol. The van der Waals surface area contributed by atoms with Gasteiger partial charge in [0.25, 0.3) is 15.7 Å². The third-order valence-electron chi connectivity index (χ3n) is 5.89. The smallest absolute Gasteiger partial charge is 0.407 e. The maximum absolute atomic E-state index is 13.4. The molecule has 9 nitrogen and oxygen atoms in total. The normalized spacial score (nSPS) is 26.2. The SMILES string of the molecule is CC(C)(C)[C@]12CN(C(=O)O)CC[C@@H]1CN2S(=O)(=O)c1ccccc1[N+](=O)[O-]. The molecule has 0 spiro atoms. The van der Waals surface area contributed by atoms with E-state index < -0.39 is 37.7 Å². The van der Waals surface area contributed by atoms with Crippen molar-refractivity contribution < 1.29 is 23.2 Å². The molecule has 0 bridgehead atoms. The summed E-state index contributed by atoms with van der Waals surface area (Å²) in [6, 6.07) is 5.26. The van der Waals surface area contributed by atoms with Crippen molar-refractivity contribution in [3.05, 3.63) is 34.4 Å². The van der Waals surface area contributed by atoms with E-state index >= 15 is 0 Å². The van der Waals surface area contributed by atoms with Gasteiger partial charge in [-0.05, 0) is 23.8 Å². The van der Waals surface area contributed by atoms with E-state index in [0.717, 1.165) is 0 Å². The number of sulfonamides is 1. The van der Waals surface area contributed by atoms with Gasteiger partial charge in [0.15, 0.2) is 4.90 Å². The van der Waals surface area contributed by atoms with Crippen LogP contribution in [0.1, 0.15) is 27.2 Å². The summed E-state index contributed by atoms with van der Waals surface area (Å²) in [4.78, 5) is 23.0. The van der Waals surface area contributed by atoms with Crippen LogP contribution in [0.2, 0.25) is 0 Å². The van der Waals surface area contributed by atoms with Crippen molar-refractivity contribution in [2.45, 2.75) is 37.6 Å². The molecule has 148 valence electrons.